The first-order valence-electron chi connectivity index (χ1n) is 10.2. The highest BCUT2D eigenvalue weighted by molar-refractivity contribution is 7.89. The minimum absolute atomic E-state index is 0.0706. The van der Waals surface area contributed by atoms with Crippen molar-refractivity contribution in [1.29, 1.82) is 0 Å². The van der Waals surface area contributed by atoms with E-state index in [0.717, 1.165) is 11.3 Å². The summed E-state index contributed by atoms with van der Waals surface area (Å²) in [5.41, 5.74) is 2.40. The molecule has 2 aromatic carbocycles. The van der Waals surface area contributed by atoms with Crippen molar-refractivity contribution < 1.29 is 18.0 Å². The zero-order valence-electron chi connectivity index (χ0n) is 17.6. The van der Waals surface area contributed by atoms with Gasteiger partial charge in [-0.2, -0.15) is 4.31 Å². The van der Waals surface area contributed by atoms with Crippen LogP contribution in [0.4, 0.5) is 5.69 Å². The van der Waals surface area contributed by atoms with Crippen molar-refractivity contribution in [2.24, 2.45) is 5.92 Å². The highest BCUT2D eigenvalue weighted by Crippen LogP contribution is 2.26. The van der Waals surface area contributed by atoms with Crippen LogP contribution in [0.1, 0.15) is 55.5 Å². The Morgan fingerprint density at radius 2 is 1.67 bits per heavy atom. The molecule has 1 amide bonds. The van der Waals surface area contributed by atoms with Crippen LogP contribution in [0, 0.1) is 5.92 Å². The first-order valence-corrected chi connectivity index (χ1v) is 11.6. The molecule has 2 aromatic rings. The smallest absolute Gasteiger partial charge is 0.243 e. The van der Waals surface area contributed by atoms with Gasteiger partial charge in [-0.05, 0) is 55.5 Å². The van der Waals surface area contributed by atoms with E-state index >= 15 is 0 Å². The largest absolute Gasteiger partial charge is 0.326 e. The molecular weight excluding hydrogens is 400 g/mol. The molecule has 1 aliphatic rings. The Morgan fingerprint density at radius 3 is 2.23 bits per heavy atom. The van der Waals surface area contributed by atoms with E-state index in [4.69, 9.17) is 0 Å². The summed E-state index contributed by atoms with van der Waals surface area (Å²) in [7, 11) is -3.64. The number of anilines is 1. The molecule has 0 bridgehead atoms. The fraction of sp³-hybridized carbons (Fsp3) is 0.391. The Bertz CT molecular complexity index is 1020. The number of amides is 1. The molecule has 1 heterocycles. The van der Waals surface area contributed by atoms with E-state index < -0.39 is 10.0 Å². The molecule has 3 rings (SSSR count). The standard InChI is InChI=1S/C23H28N2O4S/c1-16(2)20-5-4-6-21(15-20)24-23(27)19-11-13-25(14-12-19)30(28,29)22-9-7-18(8-10-22)17(3)26/h4-10,15-16,19H,11-14H2,1-3H3,(H,24,27). The fourth-order valence-electron chi connectivity index (χ4n) is 3.59. The maximum atomic E-state index is 12.9. The molecule has 0 unspecified atom stereocenters. The third-order valence-corrected chi connectivity index (χ3v) is 7.46. The number of hydrogen-bond donors (Lipinski definition) is 1. The molecule has 160 valence electrons. The van der Waals surface area contributed by atoms with Crippen LogP contribution in [0.2, 0.25) is 0 Å². The maximum Gasteiger partial charge on any atom is 0.243 e. The number of hydrogen-bond acceptors (Lipinski definition) is 4. The summed E-state index contributed by atoms with van der Waals surface area (Å²) in [6.45, 7) is 6.23. The lowest BCUT2D eigenvalue weighted by Gasteiger charge is -2.30. The number of carbonyl (C=O) groups excluding carboxylic acids is 2. The predicted octanol–water partition coefficient (Wildman–Crippen LogP) is 4.05. The van der Waals surface area contributed by atoms with E-state index in [9.17, 15) is 18.0 Å². The number of carbonyl (C=O) groups is 2. The Hall–Kier alpha value is -2.51. The Labute approximate surface area is 178 Å². The number of nitrogens with one attached hydrogen (secondary N) is 1. The van der Waals surface area contributed by atoms with Gasteiger partial charge in [0.05, 0.1) is 4.90 Å². The van der Waals surface area contributed by atoms with Gasteiger partial charge < -0.3 is 5.32 Å². The van der Waals surface area contributed by atoms with E-state index in [1.165, 1.54) is 35.5 Å². The molecule has 1 aliphatic heterocycles. The molecule has 0 radical (unpaired) electrons. The average Bonchev–Trinajstić information content (AvgIpc) is 2.74. The first kappa shape index (κ1) is 22.2. The number of piperidine rings is 1. The van der Waals surface area contributed by atoms with Crippen LogP contribution in [0.5, 0.6) is 0 Å². The van der Waals surface area contributed by atoms with Crippen molar-refractivity contribution in [2.45, 2.75) is 44.4 Å². The van der Waals surface area contributed by atoms with Crippen molar-refractivity contribution in [2.75, 3.05) is 18.4 Å². The second-order valence-corrected chi connectivity index (χ2v) is 9.97. The number of benzene rings is 2. The van der Waals surface area contributed by atoms with Gasteiger partial charge in [0.1, 0.15) is 0 Å². The zero-order valence-corrected chi connectivity index (χ0v) is 18.4. The number of ketones is 1. The van der Waals surface area contributed by atoms with Crippen LogP contribution in [0.25, 0.3) is 0 Å². The summed E-state index contributed by atoms with van der Waals surface area (Å²) < 4.78 is 27.2. The Morgan fingerprint density at radius 1 is 1.03 bits per heavy atom. The number of nitrogens with zero attached hydrogens (tertiary/aromatic N) is 1. The predicted molar refractivity (Wildman–Crippen MR) is 117 cm³/mol. The molecule has 30 heavy (non-hydrogen) atoms. The van der Waals surface area contributed by atoms with Crippen molar-refractivity contribution in [3.63, 3.8) is 0 Å². The van der Waals surface area contributed by atoms with Gasteiger partial charge in [0.2, 0.25) is 15.9 Å². The number of rotatable bonds is 6. The number of sulfonamides is 1. The molecule has 7 heteroatoms. The second kappa shape index (κ2) is 9.10. The molecule has 1 fully saturated rings. The quantitative estimate of drug-likeness (QED) is 0.704. The lowest BCUT2D eigenvalue weighted by Crippen LogP contribution is -2.41. The van der Waals surface area contributed by atoms with Crippen molar-refractivity contribution in [3.8, 4) is 0 Å². The highest BCUT2D eigenvalue weighted by Gasteiger charge is 2.32. The second-order valence-electron chi connectivity index (χ2n) is 8.03. The van der Waals surface area contributed by atoms with Gasteiger partial charge in [0, 0.05) is 30.3 Å². The van der Waals surface area contributed by atoms with Crippen molar-refractivity contribution in [1.82, 2.24) is 4.31 Å². The molecule has 6 nitrogen and oxygen atoms in total. The molecule has 0 atom stereocenters. The van der Waals surface area contributed by atoms with Gasteiger partial charge in [-0.25, -0.2) is 8.42 Å². The minimum atomic E-state index is -3.64. The molecule has 1 N–H and O–H groups in total. The monoisotopic (exact) mass is 428 g/mol. The molecule has 0 spiro atoms. The minimum Gasteiger partial charge on any atom is -0.326 e. The van der Waals surface area contributed by atoms with Crippen LogP contribution >= 0.6 is 0 Å². The molecule has 0 aromatic heterocycles. The Balaban J connectivity index is 1.61. The van der Waals surface area contributed by atoms with Crippen LogP contribution in [0.3, 0.4) is 0 Å². The molecular formula is C23H28N2O4S. The third-order valence-electron chi connectivity index (χ3n) is 5.54. The van der Waals surface area contributed by atoms with E-state index in [1.54, 1.807) is 0 Å². The van der Waals surface area contributed by atoms with Gasteiger partial charge >= 0.3 is 0 Å². The maximum absolute atomic E-state index is 12.9. The summed E-state index contributed by atoms with van der Waals surface area (Å²) in [5, 5.41) is 2.97. The van der Waals surface area contributed by atoms with E-state index in [1.807, 2.05) is 24.3 Å². The zero-order chi connectivity index (χ0) is 21.9. The van der Waals surface area contributed by atoms with Gasteiger partial charge in [-0.1, -0.05) is 38.1 Å². The van der Waals surface area contributed by atoms with Crippen LogP contribution in [-0.4, -0.2) is 37.5 Å². The SMILES string of the molecule is CC(=O)c1ccc(S(=O)(=O)N2CCC(C(=O)Nc3cccc(C(C)C)c3)CC2)cc1. The van der Waals surface area contributed by atoms with Crippen molar-refractivity contribution in [3.05, 3.63) is 59.7 Å². The van der Waals surface area contributed by atoms with E-state index in [0.29, 0.717) is 37.4 Å². The molecule has 0 saturated carbocycles. The fourth-order valence-corrected chi connectivity index (χ4v) is 5.06. The van der Waals surface area contributed by atoms with E-state index in [2.05, 4.69) is 19.2 Å². The number of Topliss-reactive ketones (excluding diaryl/α,β-unsaturated/α-hetero) is 1. The summed E-state index contributed by atoms with van der Waals surface area (Å²) in [5.74, 6) is -0.0254. The highest BCUT2D eigenvalue weighted by atomic mass is 32.2. The van der Waals surface area contributed by atoms with Gasteiger partial charge in [-0.3, -0.25) is 9.59 Å². The van der Waals surface area contributed by atoms with Crippen LogP contribution < -0.4 is 5.32 Å². The Kier molecular flexibility index (Phi) is 6.73. The summed E-state index contributed by atoms with van der Waals surface area (Å²) in [6, 6.07) is 13.8. The van der Waals surface area contributed by atoms with Crippen LogP contribution in [0.15, 0.2) is 53.4 Å². The topological polar surface area (TPSA) is 83.6 Å². The van der Waals surface area contributed by atoms with Crippen LogP contribution in [-0.2, 0) is 14.8 Å². The molecule has 1 saturated heterocycles. The first-order chi connectivity index (χ1) is 14.2. The summed E-state index contributed by atoms with van der Waals surface area (Å²) in [4.78, 5) is 24.2. The van der Waals surface area contributed by atoms with Gasteiger partial charge in [-0.15, -0.1) is 0 Å². The van der Waals surface area contributed by atoms with E-state index in [-0.39, 0.29) is 22.5 Å². The lowest BCUT2D eigenvalue weighted by atomic mass is 9.97. The molecule has 0 aliphatic carbocycles. The third kappa shape index (κ3) is 4.96. The average molecular weight is 429 g/mol. The summed E-state index contributed by atoms with van der Waals surface area (Å²) in [6.07, 6.45) is 0.945. The lowest BCUT2D eigenvalue weighted by molar-refractivity contribution is -0.120. The summed E-state index contributed by atoms with van der Waals surface area (Å²) >= 11 is 0. The normalized spacial score (nSPS) is 15.9. The van der Waals surface area contributed by atoms with Gasteiger partial charge in [0.15, 0.2) is 5.78 Å². The van der Waals surface area contributed by atoms with Crippen molar-refractivity contribution >= 4 is 27.4 Å². The van der Waals surface area contributed by atoms with Gasteiger partial charge in [0.25, 0.3) is 0 Å².